The molecule has 176 valence electrons. The molecule has 0 radical (unpaired) electrons. The van der Waals surface area contributed by atoms with E-state index in [2.05, 4.69) is 4.98 Å². The van der Waals surface area contributed by atoms with Crippen LogP contribution >= 0.6 is 0 Å². The Morgan fingerprint density at radius 2 is 1.53 bits per heavy atom. The van der Waals surface area contributed by atoms with Crippen LogP contribution in [0.25, 0.3) is 0 Å². The molecule has 0 bridgehead atoms. The van der Waals surface area contributed by atoms with E-state index in [1.165, 1.54) is 16.8 Å². The maximum absolute atomic E-state index is 12.7. The number of aromatic amines is 1. The fourth-order valence-electron chi connectivity index (χ4n) is 3.63. The Labute approximate surface area is 194 Å². The third-order valence-corrected chi connectivity index (χ3v) is 5.55. The summed E-state index contributed by atoms with van der Waals surface area (Å²) in [6.07, 6.45) is -0.971. The quantitative estimate of drug-likeness (QED) is 0.557. The van der Waals surface area contributed by atoms with Crippen molar-refractivity contribution in [1.82, 2.24) is 9.55 Å². The molecular formula is C25H24N2O7. The lowest BCUT2D eigenvalue weighted by molar-refractivity contribution is -0.0582. The molecule has 3 aromatic rings. The number of hydrogen-bond donors (Lipinski definition) is 1. The zero-order valence-electron chi connectivity index (χ0n) is 18.7. The molecule has 9 nitrogen and oxygen atoms in total. The smallest absolute Gasteiger partial charge is 0.338 e. The number of nitrogens with zero attached hydrogens (tertiary/aromatic N) is 1. The Bertz CT molecular complexity index is 1290. The van der Waals surface area contributed by atoms with E-state index >= 15 is 0 Å². The lowest BCUT2D eigenvalue weighted by Gasteiger charge is -2.19. The van der Waals surface area contributed by atoms with Gasteiger partial charge in [0.1, 0.15) is 25.0 Å². The zero-order valence-corrected chi connectivity index (χ0v) is 18.7. The molecule has 9 heteroatoms. The van der Waals surface area contributed by atoms with Crippen molar-refractivity contribution in [2.24, 2.45) is 0 Å². The zero-order chi connectivity index (χ0) is 24.2. The normalized spacial score (nSPS) is 19.5. The van der Waals surface area contributed by atoms with Gasteiger partial charge in [-0.05, 0) is 38.1 Å². The van der Waals surface area contributed by atoms with Crippen molar-refractivity contribution < 1.29 is 23.8 Å². The lowest BCUT2D eigenvalue weighted by Crippen LogP contribution is -2.32. The van der Waals surface area contributed by atoms with Crippen LogP contribution in [0.1, 0.15) is 44.5 Å². The summed E-state index contributed by atoms with van der Waals surface area (Å²) >= 11 is 0. The molecule has 1 N–H and O–H groups in total. The fraction of sp³-hybridized carbons (Fsp3) is 0.280. The first-order chi connectivity index (χ1) is 16.3. The van der Waals surface area contributed by atoms with Gasteiger partial charge in [0.15, 0.2) is 0 Å². The third-order valence-electron chi connectivity index (χ3n) is 5.55. The average Bonchev–Trinajstić information content (AvgIpc) is 3.20. The number of carbonyl (C=O) groups excluding carboxylic acids is 2. The van der Waals surface area contributed by atoms with Crippen LogP contribution in [0.3, 0.4) is 0 Å². The Hall–Kier alpha value is -3.98. The van der Waals surface area contributed by atoms with Crippen LogP contribution in [0.2, 0.25) is 0 Å². The molecule has 1 aromatic heterocycles. The molecule has 0 saturated carbocycles. The van der Waals surface area contributed by atoms with Crippen LogP contribution in [0, 0.1) is 13.8 Å². The summed E-state index contributed by atoms with van der Waals surface area (Å²) in [5, 5.41) is 0. The van der Waals surface area contributed by atoms with E-state index in [-0.39, 0.29) is 13.0 Å². The van der Waals surface area contributed by atoms with Crippen LogP contribution in [0.4, 0.5) is 0 Å². The maximum atomic E-state index is 12.7. The number of rotatable bonds is 6. The third kappa shape index (κ3) is 5.32. The second-order valence-corrected chi connectivity index (χ2v) is 8.16. The predicted octanol–water partition coefficient (Wildman–Crippen LogP) is 2.52. The molecule has 0 spiro atoms. The summed E-state index contributed by atoms with van der Waals surface area (Å²) in [7, 11) is 0. The van der Waals surface area contributed by atoms with E-state index in [1.807, 2.05) is 13.8 Å². The highest BCUT2D eigenvalue weighted by molar-refractivity contribution is 5.90. The number of H-pyrrole nitrogens is 1. The SMILES string of the molecule is Cc1ccc(C(=O)OC[C@H]2OC(n3ccc(=O)[nH]c3=O)C[C@@H]2OC(=O)c2ccc(C)cc2)cc1. The minimum absolute atomic E-state index is 0.135. The van der Waals surface area contributed by atoms with Gasteiger partial charge in [-0.25, -0.2) is 14.4 Å². The summed E-state index contributed by atoms with van der Waals surface area (Å²) in [4.78, 5) is 51.0. The number of ether oxygens (including phenoxy) is 3. The van der Waals surface area contributed by atoms with Crippen molar-refractivity contribution in [2.45, 2.75) is 38.7 Å². The summed E-state index contributed by atoms with van der Waals surface area (Å²) in [6, 6.07) is 15.0. The standard InChI is InChI=1S/C25H24N2O7/c1-15-3-7-17(8-4-15)23(29)32-14-20-19(34-24(30)18-9-5-16(2)6-10-18)13-22(33-20)27-12-11-21(28)26-25(27)31/h3-12,19-20,22H,13-14H2,1-2H3,(H,26,28,31)/t19-,20+,22?/m0/s1. The van der Waals surface area contributed by atoms with Gasteiger partial charge in [-0.2, -0.15) is 0 Å². The summed E-state index contributed by atoms with van der Waals surface area (Å²) in [5.41, 5.74) is 1.56. The average molecular weight is 464 g/mol. The summed E-state index contributed by atoms with van der Waals surface area (Å²) in [5.74, 6) is -1.10. The van der Waals surface area contributed by atoms with Crippen molar-refractivity contribution in [3.63, 3.8) is 0 Å². The van der Waals surface area contributed by atoms with Gasteiger partial charge >= 0.3 is 17.6 Å². The van der Waals surface area contributed by atoms with Gasteiger partial charge in [-0.15, -0.1) is 0 Å². The van der Waals surface area contributed by atoms with E-state index in [0.717, 1.165) is 11.1 Å². The molecule has 1 saturated heterocycles. The number of aromatic nitrogens is 2. The molecule has 0 aliphatic carbocycles. The van der Waals surface area contributed by atoms with Crippen molar-refractivity contribution in [3.05, 3.63) is 104 Å². The minimum Gasteiger partial charge on any atom is -0.459 e. The molecule has 3 atom stereocenters. The van der Waals surface area contributed by atoms with E-state index in [1.54, 1.807) is 48.5 Å². The van der Waals surface area contributed by atoms with Crippen LogP contribution in [0.15, 0.2) is 70.4 Å². The van der Waals surface area contributed by atoms with Crippen molar-refractivity contribution in [3.8, 4) is 0 Å². The molecule has 1 aliphatic rings. The van der Waals surface area contributed by atoms with Crippen molar-refractivity contribution >= 4 is 11.9 Å². The summed E-state index contributed by atoms with van der Waals surface area (Å²) in [6.45, 7) is 3.63. The first kappa shape index (κ1) is 23.2. The number of hydrogen-bond acceptors (Lipinski definition) is 7. The topological polar surface area (TPSA) is 117 Å². The Balaban J connectivity index is 1.51. The van der Waals surface area contributed by atoms with Gasteiger partial charge in [0.2, 0.25) is 0 Å². The number of nitrogens with one attached hydrogen (secondary N) is 1. The van der Waals surface area contributed by atoms with Gasteiger partial charge in [0.25, 0.3) is 5.56 Å². The maximum Gasteiger partial charge on any atom is 0.338 e. The number of benzene rings is 2. The van der Waals surface area contributed by atoms with E-state index in [9.17, 15) is 19.2 Å². The van der Waals surface area contributed by atoms with Crippen LogP contribution < -0.4 is 11.2 Å². The highest BCUT2D eigenvalue weighted by atomic mass is 16.6. The fourth-order valence-corrected chi connectivity index (χ4v) is 3.63. The van der Waals surface area contributed by atoms with Gasteiger partial charge in [-0.1, -0.05) is 35.4 Å². The van der Waals surface area contributed by atoms with Crippen LogP contribution in [0.5, 0.6) is 0 Å². The molecule has 1 fully saturated rings. The van der Waals surface area contributed by atoms with E-state index in [4.69, 9.17) is 14.2 Å². The number of aryl methyl sites for hydroxylation is 2. The van der Waals surface area contributed by atoms with Crippen LogP contribution in [-0.4, -0.2) is 40.3 Å². The number of carbonyl (C=O) groups is 2. The number of esters is 2. The molecule has 2 aromatic carbocycles. The highest BCUT2D eigenvalue weighted by Gasteiger charge is 2.40. The van der Waals surface area contributed by atoms with Gasteiger partial charge < -0.3 is 14.2 Å². The Kier molecular flexibility index (Phi) is 6.74. The molecular weight excluding hydrogens is 440 g/mol. The van der Waals surface area contributed by atoms with Gasteiger partial charge in [0, 0.05) is 18.7 Å². The Morgan fingerprint density at radius 1 is 0.941 bits per heavy atom. The predicted molar refractivity (Wildman–Crippen MR) is 122 cm³/mol. The lowest BCUT2D eigenvalue weighted by atomic mass is 10.1. The van der Waals surface area contributed by atoms with Crippen molar-refractivity contribution in [1.29, 1.82) is 0 Å². The first-order valence-corrected chi connectivity index (χ1v) is 10.8. The van der Waals surface area contributed by atoms with Crippen LogP contribution in [-0.2, 0) is 14.2 Å². The molecule has 4 rings (SSSR count). The molecule has 34 heavy (non-hydrogen) atoms. The molecule has 2 heterocycles. The Morgan fingerprint density at radius 3 is 2.12 bits per heavy atom. The molecule has 1 unspecified atom stereocenters. The minimum atomic E-state index is -0.816. The molecule has 1 aliphatic heterocycles. The van der Waals surface area contributed by atoms with E-state index < -0.39 is 41.6 Å². The van der Waals surface area contributed by atoms with E-state index in [0.29, 0.717) is 11.1 Å². The monoisotopic (exact) mass is 464 g/mol. The molecule has 0 amide bonds. The summed E-state index contributed by atoms with van der Waals surface area (Å²) < 4.78 is 18.2. The first-order valence-electron chi connectivity index (χ1n) is 10.8. The largest absolute Gasteiger partial charge is 0.459 e. The van der Waals surface area contributed by atoms with Gasteiger partial charge in [-0.3, -0.25) is 14.3 Å². The second kappa shape index (κ2) is 9.88. The highest BCUT2D eigenvalue weighted by Crippen LogP contribution is 2.31. The second-order valence-electron chi connectivity index (χ2n) is 8.16. The van der Waals surface area contributed by atoms with Crippen molar-refractivity contribution in [2.75, 3.05) is 6.61 Å². The van der Waals surface area contributed by atoms with Gasteiger partial charge in [0.05, 0.1) is 11.1 Å².